The molecule has 1 amide bonds. The van der Waals surface area contributed by atoms with E-state index >= 15 is 0 Å². The molecule has 4 rings (SSSR count). The Morgan fingerprint density at radius 3 is 2.79 bits per heavy atom. The molecule has 2 aliphatic rings. The van der Waals surface area contributed by atoms with Crippen molar-refractivity contribution in [3.05, 3.63) is 59.2 Å². The Labute approximate surface area is 164 Å². The number of amides is 1. The summed E-state index contributed by atoms with van der Waals surface area (Å²) < 4.78 is 49.6. The quantitative estimate of drug-likeness (QED) is 0.746. The maximum Gasteiger partial charge on any atom is 0.416 e. The van der Waals surface area contributed by atoms with Crippen LogP contribution in [0.15, 0.2) is 42.5 Å². The second kappa shape index (κ2) is 7.44. The Morgan fingerprint density at radius 2 is 2.00 bits per heavy atom. The van der Waals surface area contributed by atoms with Crippen LogP contribution in [0, 0.1) is 0 Å². The van der Waals surface area contributed by atoms with Crippen molar-refractivity contribution in [2.24, 2.45) is 0 Å². The number of halogens is 3. The fourth-order valence-corrected chi connectivity index (χ4v) is 3.48. The minimum absolute atomic E-state index is 0.110. The first-order chi connectivity index (χ1) is 13.8. The van der Waals surface area contributed by atoms with Crippen molar-refractivity contribution in [3.8, 4) is 11.5 Å². The summed E-state index contributed by atoms with van der Waals surface area (Å²) in [7, 11) is 0. The summed E-state index contributed by atoms with van der Waals surface area (Å²) in [6, 6.07) is 8.47. The second-order valence-corrected chi connectivity index (χ2v) is 6.92. The highest BCUT2D eigenvalue weighted by Gasteiger charge is 2.32. The molecule has 0 radical (unpaired) electrons. The number of ether oxygens (including phenoxy) is 2. The van der Waals surface area contributed by atoms with Gasteiger partial charge < -0.3 is 19.9 Å². The van der Waals surface area contributed by atoms with Crippen molar-refractivity contribution in [1.29, 1.82) is 0 Å². The molecule has 0 saturated carbocycles. The number of benzene rings is 2. The number of hydrogen-bond donors (Lipinski definition) is 2. The van der Waals surface area contributed by atoms with Crippen LogP contribution in [-0.2, 0) is 17.4 Å². The first-order valence-corrected chi connectivity index (χ1v) is 9.10. The van der Waals surface area contributed by atoms with Crippen LogP contribution in [0.3, 0.4) is 0 Å². The third kappa shape index (κ3) is 4.07. The molecule has 0 bridgehead atoms. The molecule has 1 atom stereocenters. The zero-order valence-electron chi connectivity index (χ0n) is 15.3. The Hall–Kier alpha value is -3.00. The van der Waals surface area contributed by atoms with Gasteiger partial charge in [-0.2, -0.15) is 13.2 Å². The summed E-state index contributed by atoms with van der Waals surface area (Å²) in [5.41, 5.74) is 1.51. The minimum Gasteiger partial charge on any atom is -0.493 e. The lowest BCUT2D eigenvalue weighted by molar-refractivity contribution is -0.137. The number of fused-ring (bicyclic) bond motifs is 2. The summed E-state index contributed by atoms with van der Waals surface area (Å²) in [6.45, 7) is 0.388. The van der Waals surface area contributed by atoms with Crippen LogP contribution in [0.4, 0.5) is 18.9 Å². The Bertz CT molecular complexity index is 984. The number of aliphatic hydroxyl groups is 1. The van der Waals surface area contributed by atoms with Gasteiger partial charge in [0.25, 0.3) is 0 Å². The van der Waals surface area contributed by atoms with E-state index in [-0.39, 0.29) is 19.0 Å². The van der Waals surface area contributed by atoms with E-state index in [1.807, 2.05) is 0 Å². The Morgan fingerprint density at radius 1 is 1.17 bits per heavy atom. The molecule has 8 heteroatoms. The van der Waals surface area contributed by atoms with E-state index in [2.05, 4.69) is 5.32 Å². The third-order valence-electron chi connectivity index (χ3n) is 4.85. The van der Waals surface area contributed by atoms with Gasteiger partial charge >= 0.3 is 6.18 Å². The number of anilines is 1. The lowest BCUT2D eigenvalue weighted by Crippen LogP contribution is -2.26. The predicted molar refractivity (Wildman–Crippen MR) is 99.8 cm³/mol. The number of nitrogens with one attached hydrogen (secondary N) is 1. The smallest absolute Gasteiger partial charge is 0.416 e. The van der Waals surface area contributed by atoms with Gasteiger partial charge in [-0.15, -0.1) is 0 Å². The van der Waals surface area contributed by atoms with Crippen LogP contribution in [0.5, 0.6) is 11.5 Å². The fourth-order valence-electron chi connectivity index (χ4n) is 3.48. The third-order valence-corrected chi connectivity index (χ3v) is 4.85. The molecule has 2 aromatic rings. The molecule has 152 valence electrons. The van der Waals surface area contributed by atoms with Crippen molar-refractivity contribution >= 4 is 17.2 Å². The molecular weight excluding hydrogens is 387 g/mol. The molecule has 2 N–H and O–H groups in total. The van der Waals surface area contributed by atoms with Gasteiger partial charge in [0.1, 0.15) is 18.1 Å². The molecule has 0 saturated heterocycles. The molecule has 2 aromatic carbocycles. The summed E-state index contributed by atoms with van der Waals surface area (Å²) in [4.78, 5) is 12.6. The normalized spacial score (nSPS) is 19.6. The van der Waals surface area contributed by atoms with Crippen molar-refractivity contribution < 1.29 is 32.5 Å². The van der Waals surface area contributed by atoms with Crippen LogP contribution in [0.1, 0.15) is 23.1 Å². The van der Waals surface area contributed by atoms with Crippen molar-refractivity contribution in [2.75, 3.05) is 18.5 Å². The molecule has 0 spiro atoms. The number of hydrogen-bond acceptors (Lipinski definition) is 4. The fraction of sp³-hybridized carbons (Fsp3) is 0.286. The van der Waals surface area contributed by atoms with Crippen LogP contribution in [0.2, 0.25) is 0 Å². The second-order valence-electron chi connectivity index (χ2n) is 6.92. The van der Waals surface area contributed by atoms with Crippen molar-refractivity contribution in [1.82, 2.24) is 0 Å². The average Bonchev–Trinajstić information content (AvgIpc) is 2.67. The van der Waals surface area contributed by atoms with Crippen molar-refractivity contribution in [3.63, 3.8) is 0 Å². The standard InChI is InChI=1S/C21H18F3NO4/c22-21(23,24)13-4-5-15-12(6-7-28-19(15)9-13)8-20(27)25-17-2-1-3-18-16(17)10-14(26)11-29-18/h1-5,8-9,14,26H,6-7,10-11H2,(H,25,27). The van der Waals surface area contributed by atoms with Gasteiger partial charge in [0.05, 0.1) is 18.3 Å². The van der Waals surface area contributed by atoms with Gasteiger partial charge in [0.2, 0.25) is 5.91 Å². The van der Waals surface area contributed by atoms with Crippen LogP contribution < -0.4 is 14.8 Å². The number of rotatable bonds is 2. The molecule has 0 aliphatic carbocycles. The van der Waals surface area contributed by atoms with Gasteiger partial charge in [-0.3, -0.25) is 4.79 Å². The lowest BCUT2D eigenvalue weighted by atomic mass is 9.97. The van der Waals surface area contributed by atoms with E-state index in [4.69, 9.17) is 9.47 Å². The predicted octanol–water partition coefficient (Wildman–Crippen LogP) is 3.81. The molecule has 29 heavy (non-hydrogen) atoms. The largest absolute Gasteiger partial charge is 0.493 e. The Kier molecular flexibility index (Phi) is 4.96. The molecular formula is C21H18F3NO4. The summed E-state index contributed by atoms with van der Waals surface area (Å²) in [5.74, 6) is 0.303. The maximum atomic E-state index is 12.9. The minimum atomic E-state index is -4.46. The highest BCUT2D eigenvalue weighted by Crippen LogP contribution is 2.38. The van der Waals surface area contributed by atoms with Gasteiger partial charge in [0, 0.05) is 35.7 Å². The number of aliphatic hydroxyl groups excluding tert-OH is 1. The van der Waals surface area contributed by atoms with E-state index in [0.29, 0.717) is 41.0 Å². The van der Waals surface area contributed by atoms with Crippen LogP contribution in [0.25, 0.3) is 5.57 Å². The van der Waals surface area contributed by atoms with Crippen molar-refractivity contribution in [2.45, 2.75) is 25.1 Å². The molecule has 2 aliphatic heterocycles. The summed E-state index contributed by atoms with van der Waals surface area (Å²) in [5, 5.41) is 12.6. The maximum absolute atomic E-state index is 12.9. The van der Waals surface area contributed by atoms with Gasteiger partial charge in [-0.1, -0.05) is 12.1 Å². The highest BCUT2D eigenvalue weighted by atomic mass is 19.4. The van der Waals surface area contributed by atoms with E-state index < -0.39 is 23.8 Å². The SMILES string of the molecule is O=C(C=C1CCOc2cc(C(F)(F)F)ccc21)Nc1cccc2c1CC(O)CO2. The molecule has 0 aromatic heterocycles. The molecule has 0 fully saturated rings. The summed E-state index contributed by atoms with van der Waals surface area (Å²) >= 11 is 0. The highest BCUT2D eigenvalue weighted by molar-refractivity contribution is 6.05. The van der Waals surface area contributed by atoms with Gasteiger partial charge in [-0.05, 0) is 29.8 Å². The van der Waals surface area contributed by atoms with Crippen LogP contribution >= 0.6 is 0 Å². The van der Waals surface area contributed by atoms with Crippen LogP contribution in [-0.4, -0.2) is 30.3 Å². The number of alkyl halides is 3. The molecule has 5 nitrogen and oxygen atoms in total. The van der Waals surface area contributed by atoms with E-state index in [0.717, 1.165) is 12.1 Å². The zero-order chi connectivity index (χ0) is 20.6. The van der Waals surface area contributed by atoms with E-state index in [1.54, 1.807) is 18.2 Å². The topological polar surface area (TPSA) is 67.8 Å². The summed E-state index contributed by atoms with van der Waals surface area (Å²) in [6.07, 6.45) is -2.98. The molecule has 2 heterocycles. The lowest BCUT2D eigenvalue weighted by Gasteiger charge is -2.24. The number of carbonyl (C=O) groups excluding carboxylic acids is 1. The zero-order valence-corrected chi connectivity index (χ0v) is 15.3. The Balaban J connectivity index is 1.58. The average molecular weight is 405 g/mol. The monoisotopic (exact) mass is 405 g/mol. The number of carbonyl (C=O) groups is 1. The van der Waals surface area contributed by atoms with E-state index in [9.17, 15) is 23.1 Å². The first-order valence-electron chi connectivity index (χ1n) is 9.10. The van der Waals surface area contributed by atoms with Gasteiger partial charge in [0.15, 0.2) is 0 Å². The molecule has 1 unspecified atom stereocenters. The first kappa shape index (κ1) is 19.3. The van der Waals surface area contributed by atoms with E-state index in [1.165, 1.54) is 12.1 Å². The van der Waals surface area contributed by atoms with Gasteiger partial charge in [-0.25, -0.2) is 0 Å².